The Hall–Kier alpha value is -5.98. The minimum Gasteiger partial charge on any atom is -0.460 e. The normalized spacial score (nSPS) is 22.7. The number of allylic oxidation sites excluding steroid dienone is 1. The van der Waals surface area contributed by atoms with Crippen LogP contribution in [0, 0.1) is 27.9 Å². The molecule has 6 aromatic rings. The first-order chi connectivity index (χ1) is 31.9. The highest BCUT2D eigenvalue weighted by molar-refractivity contribution is 8.00. The summed E-state index contributed by atoms with van der Waals surface area (Å²) in [6.07, 6.45) is 9.38. The highest BCUT2D eigenvalue weighted by atomic mass is 32.2. The van der Waals surface area contributed by atoms with Gasteiger partial charge in [0.2, 0.25) is 5.79 Å². The van der Waals surface area contributed by atoms with Crippen LogP contribution in [-0.2, 0) is 16.2 Å². The number of thioether (sulfide) groups is 1. The third-order valence-electron chi connectivity index (χ3n) is 13.1. The minimum atomic E-state index is -1.17. The second-order valence-electron chi connectivity index (χ2n) is 17.2. The van der Waals surface area contributed by atoms with E-state index in [2.05, 4.69) is 79.4 Å². The van der Waals surface area contributed by atoms with Gasteiger partial charge in [-0.3, -0.25) is 10.1 Å². The van der Waals surface area contributed by atoms with Crippen LogP contribution in [0.1, 0.15) is 62.0 Å². The second kappa shape index (κ2) is 20.0. The summed E-state index contributed by atoms with van der Waals surface area (Å²) in [7, 11) is 0. The first-order valence-electron chi connectivity index (χ1n) is 22.6. The average Bonchev–Trinajstić information content (AvgIpc) is 3.33. The average molecular weight is 891 g/mol. The lowest BCUT2D eigenvalue weighted by Crippen LogP contribution is -2.64. The van der Waals surface area contributed by atoms with Crippen molar-refractivity contribution in [3.05, 3.63) is 173 Å². The summed E-state index contributed by atoms with van der Waals surface area (Å²) in [6, 6.07) is 41.7. The highest BCUT2D eigenvalue weighted by Gasteiger charge is 2.64. The van der Waals surface area contributed by atoms with Gasteiger partial charge in [-0.2, -0.15) is 0 Å². The smallest absolute Gasteiger partial charge is 0.269 e. The number of fused-ring (bicyclic) bond motifs is 4. The van der Waals surface area contributed by atoms with Crippen molar-refractivity contribution in [3.8, 4) is 17.2 Å². The zero-order chi connectivity index (χ0) is 44.8. The number of nitrogens with zero attached hydrogens (tertiary/aromatic N) is 2. The molecule has 11 heteroatoms. The quantitative estimate of drug-likeness (QED) is 0.0353. The first kappa shape index (κ1) is 44.2. The summed E-state index contributed by atoms with van der Waals surface area (Å²) >= 11 is 1.71. The fraction of sp³-hybridized carbons (Fsp3) is 0.315. The Balaban J connectivity index is 1.19. The van der Waals surface area contributed by atoms with E-state index in [1.54, 1.807) is 30.0 Å². The maximum Gasteiger partial charge on any atom is 0.269 e. The number of ether oxygens (including phenoxy) is 3. The summed E-state index contributed by atoms with van der Waals surface area (Å²) < 4.78 is 21.3. The Bertz CT molecular complexity index is 2720. The number of non-ortho nitro benzene ring substituents is 1. The number of oxime groups is 1. The van der Waals surface area contributed by atoms with Crippen molar-refractivity contribution in [2.75, 3.05) is 19.8 Å². The molecule has 6 aromatic carbocycles. The van der Waals surface area contributed by atoms with Crippen molar-refractivity contribution >= 4 is 44.7 Å². The van der Waals surface area contributed by atoms with Crippen molar-refractivity contribution < 1.29 is 34.2 Å². The molecular formula is C54H54N2O8S. The number of rotatable bonds is 19. The molecule has 0 aromatic heterocycles. The summed E-state index contributed by atoms with van der Waals surface area (Å²) in [5.74, 6) is 0.759. The maximum atomic E-state index is 11.4. The Morgan fingerprint density at radius 3 is 2.22 bits per heavy atom. The largest absolute Gasteiger partial charge is 0.460 e. The van der Waals surface area contributed by atoms with Gasteiger partial charge >= 0.3 is 0 Å². The van der Waals surface area contributed by atoms with Crippen LogP contribution in [-0.4, -0.2) is 51.7 Å². The van der Waals surface area contributed by atoms with Gasteiger partial charge in [-0.1, -0.05) is 90.8 Å². The molecule has 0 amide bonds. The van der Waals surface area contributed by atoms with Gasteiger partial charge in [0.25, 0.3) is 5.69 Å². The number of unbranched alkanes of at least 4 members (excludes halogenated alkanes) is 2. The van der Waals surface area contributed by atoms with Gasteiger partial charge in [0.15, 0.2) is 0 Å². The summed E-state index contributed by atoms with van der Waals surface area (Å²) in [5.41, 5.74) is 3.61. The first-order valence-corrected chi connectivity index (χ1v) is 23.5. The lowest BCUT2D eigenvalue weighted by atomic mass is 9.56. The predicted molar refractivity (Wildman–Crippen MR) is 257 cm³/mol. The van der Waals surface area contributed by atoms with Crippen molar-refractivity contribution in [1.82, 2.24) is 0 Å². The van der Waals surface area contributed by atoms with Gasteiger partial charge in [0.05, 0.1) is 28.4 Å². The van der Waals surface area contributed by atoms with E-state index in [0.717, 1.165) is 86.0 Å². The highest BCUT2D eigenvalue weighted by Crippen LogP contribution is 2.63. The van der Waals surface area contributed by atoms with Crippen LogP contribution < -0.4 is 9.47 Å². The van der Waals surface area contributed by atoms with E-state index in [1.807, 2.05) is 36.4 Å². The standard InChI is InChI=1S/C54H54N2O8S/c1-2-29-61-54-51(65-45-25-20-38-12-4-6-14-40(38)31-45)34-49(55-62-35-36-17-21-42(22-18-36)56(59)60)47-32-41(15-7-9-27-57)46(16-8-10-28-58)52(53(47)54)48-33-44(24-26-50(48)64-54)63-43-23-19-37-11-3-5-13-39(37)30-43/h2-6,11-14,17-26,30-33,41,46,51-53,57-58H,1,7-10,15-16,27-29,34-35H2. The molecule has 1 aliphatic heterocycles. The third kappa shape index (κ3) is 9.42. The van der Waals surface area contributed by atoms with Gasteiger partial charge < -0.3 is 29.3 Å². The van der Waals surface area contributed by atoms with Crippen LogP contribution in [0.25, 0.3) is 21.5 Å². The number of nitro groups is 1. The zero-order valence-corrected chi connectivity index (χ0v) is 37.1. The number of hydrogen-bond acceptors (Lipinski definition) is 10. The summed E-state index contributed by atoms with van der Waals surface area (Å²) in [5, 5.41) is 40.5. The molecule has 0 bridgehead atoms. The van der Waals surface area contributed by atoms with Gasteiger partial charge in [0, 0.05) is 48.1 Å². The van der Waals surface area contributed by atoms with E-state index in [9.17, 15) is 20.3 Å². The molecule has 0 spiro atoms. The van der Waals surface area contributed by atoms with Gasteiger partial charge in [0.1, 0.15) is 23.9 Å². The lowest BCUT2D eigenvalue weighted by molar-refractivity contribution is -0.384. The van der Waals surface area contributed by atoms with E-state index in [0.29, 0.717) is 25.0 Å². The molecule has 10 nitrogen and oxygen atoms in total. The number of benzene rings is 6. The fourth-order valence-corrected chi connectivity index (χ4v) is 11.5. The van der Waals surface area contributed by atoms with Gasteiger partial charge in [-0.25, -0.2) is 0 Å². The van der Waals surface area contributed by atoms with Crippen LogP contribution >= 0.6 is 11.8 Å². The van der Waals surface area contributed by atoms with Crippen LogP contribution in [0.15, 0.2) is 162 Å². The van der Waals surface area contributed by atoms with E-state index in [-0.39, 0.29) is 61.0 Å². The molecule has 1 saturated carbocycles. The van der Waals surface area contributed by atoms with Gasteiger partial charge in [-0.05, 0) is 125 Å². The van der Waals surface area contributed by atoms with Crippen LogP contribution in [0.2, 0.25) is 0 Å². The number of hydrogen-bond donors (Lipinski definition) is 2. The monoisotopic (exact) mass is 890 g/mol. The molecule has 1 heterocycles. The Labute approximate surface area is 383 Å². The maximum absolute atomic E-state index is 11.4. The summed E-state index contributed by atoms with van der Waals surface area (Å²) in [4.78, 5) is 18.3. The molecule has 6 unspecified atom stereocenters. The molecule has 0 radical (unpaired) electrons. The molecule has 9 rings (SSSR count). The van der Waals surface area contributed by atoms with Crippen molar-refractivity contribution in [3.63, 3.8) is 0 Å². The molecule has 0 saturated heterocycles. The Morgan fingerprint density at radius 2 is 1.49 bits per heavy atom. The number of aliphatic hydroxyl groups is 2. The molecule has 334 valence electrons. The van der Waals surface area contributed by atoms with Crippen LogP contribution in [0.5, 0.6) is 17.2 Å². The van der Waals surface area contributed by atoms with E-state index in [1.165, 1.54) is 12.1 Å². The van der Waals surface area contributed by atoms with E-state index in [4.69, 9.17) is 24.2 Å². The zero-order valence-electron chi connectivity index (χ0n) is 36.3. The number of nitro benzene ring substituents is 1. The molecule has 2 aliphatic carbocycles. The molecule has 2 N–H and O–H groups in total. The summed E-state index contributed by atoms with van der Waals surface area (Å²) in [6.45, 7) is 4.69. The lowest BCUT2D eigenvalue weighted by Gasteiger charge is -2.58. The molecular weight excluding hydrogens is 837 g/mol. The van der Waals surface area contributed by atoms with Crippen LogP contribution in [0.4, 0.5) is 5.69 Å². The molecule has 1 fully saturated rings. The van der Waals surface area contributed by atoms with Crippen molar-refractivity contribution in [2.45, 2.75) is 73.4 Å². The molecule has 65 heavy (non-hydrogen) atoms. The van der Waals surface area contributed by atoms with E-state index < -0.39 is 10.7 Å². The Kier molecular flexibility index (Phi) is 13.6. The topological polar surface area (TPSA) is 133 Å². The van der Waals surface area contributed by atoms with Crippen molar-refractivity contribution in [1.29, 1.82) is 0 Å². The van der Waals surface area contributed by atoms with Crippen molar-refractivity contribution in [2.24, 2.45) is 22.9 Å². The van der Waals surface area contributed by atoms with Gasteiger partial charge in [-0.15, -0.1) is 18.3 Å². The SMILES string of the molecule is C=CCOC12Oc3ccc(Oc4ccc5ccccc5c4)cc3C3C(CCCCO)C(CCCCO)C=C(C(=NOCc4ccc([N+](=O)[O-])cc4)CC1Sc1ccc4ccccc4c1)C32. The molecule has 6 atom stereocenters. The fourth-order valence-electron chi connectivity index (χ4n) is 10.2. The molecule has 3 aliphatic rings. The predicted octanol–water partition coefficient (Wildman–Crippen LogP) is 12.3. The third-order valence-corrected chi connectivity index (χ3v) is 14.4. The Morgan fingerprint density at radius 1 is 0.815 bits per heavy atom. The minimum absolute atomic E-state index is 0.0133. The van der Waals surface area contributed by atoms with Crippen LogP contribution in [0.3, 0.4) is 0 Å². The number of aliphatic hydroxyl groups excluding tert-OH is 2. The van der Waals surface area contributed by atoms with E-state index >= 15 is 0 Å². The second-order valence-corrected chi connectivity index (χ2v) is 18.5.